The second-order valence-corrected chi connectivity index (χ2v) is 6.47. The second-order valence-electron chi connectivity index (χ2n) is 6.47. The van der Waals surface area contributed by atoms with Gasteiger partial charge in [0.2, 0.25) is 0 Å². The fourth-order valence-electron chi connectivity index (χ4n) is 3.03. The Kier molecular flexibility index (Phi) is 5.11. The van der Waals surface area contributed by atoms with E-state index in [4.69, 9.17) is 0 Å². The van der Waals surface area contributed by atoms with E-state index in [2.05, 4.69) is 22.4 Å². The van der Waals surface area contributed by atoms with Crippen molar-refractivity contribution in [3.05, 3.63) is 47.7 Å². The van der Waals surface area contributed by atoms with Crippen LogP contribution >= 0.6 is 0 Å². The minimum absolute atomic E-state index is 0.113. The van der Waals surface area contributed by atoms with Crippen LogP contribution in [0.5, 0.6) is 0 Å². The molecule has 1 aliphatic rings. The van der Waals surface area contributed by atoms with Crippen molar-refractivity contribution in [1.82, 2.24) is 15.1 Å². The molecule has 1 fully saturated rings. The molecule has 3 rings (SSSR count). The number of nitrogens with zero attached hydrogens (tertiary/aromatic N) is 3. The molecule has 0 bridgehead atoms. The van der Waals surface area contributed by atoms with Crippen molar-refractivity contribution in [2.45, 2.75) is 25.9 Å². The monoisotopic (exact) mass is 364 g/mol. The van der Waals surface area contributed by atoms with E-state index >= 15 is 0 Å². The van der Waals surface area contributed by atoms with Crippen LogP contribution in [0, 0.1) is 5.92 Å². The minimum atomic E-state index is -4.47. The number of halogens is 3. The minimum Gasteiger partial charge on any atom is -0.338 e. The molecule has 2 heterocycles. The largest absolute Gasteiger partial charge is 0.418 e. The Morgan fingerprint density at radius 3 is 2.62 bits per heavy atom. The number of carbonyl (C=O) groups excluding carboxylic acids is 1. The summed E-state index contributed by atoms with van der Waals surface area (Å²) in [5.74, 6) is 0.386. The van der Waals surface area contributed by atoms with Gasteiger partial charge < -0.3 is 10.2 Å². The van der Waals surface area contributed by atoms with Gasteiger partial charge >= 0.3 is 6.18 Å². The summed E-state index contributed by atoms with van der Waals surface area (Å²) < 4.78 is 39.1. The summed E-state index contributed by atoms with van der Waals surface area (Å²) in [6.07, 6.45) is -2.43. The average Bonchev–Trinajstić information content (AvgIpc) is 2.61. The number of hydrogen-bond acceptors (Lipinski definition) is 4. The first-order chi connectivity index (χ1) is 12.3. The summed E-state index contributed by atoms with van der Waals surface area (Å²) in [5.41, 5.74) is -0.712. The molecule has 2 aromatic rings. The van der Waals surface area contributed by atoms with Crippen LogP contribution in [0.2, 0.25) is 0 Å². The lowest BCUT2D eigenvalue weighted by Crippen LogP contribution is -2.39. The number of anilines is 2. The highest BCUT2D eigenvalue weighted by molar-refractivity contribution is 5.92. The maximum atomic E-state index is 13.0. The first kappa shape index (κ1) is 18.2. The van der Waals surface area contributed by atoms with Gasteiger partial charge in [0, 0.05) is 13.1 Å². The number of rotatable bonds is 3. The van der Waals surface area contributed by atoms with Crippen molar-refractivity contribution >= 4 is 17.4 Å². The highest BCUT2D eigenvalue weighted by atomic mass is 19.4. The number of likely N-dealkylation sites (tertiary alicyclic amines) is 1. The second kappa shape index (κ2) is 7.31. The first-order valence-corrected chi connectivity index (χ1v) is 8.41. The number of para-hydroxylation sites is 1. The van der Waals surface area contributed by atoms with Gasteiger partial charge in [-0.1, -0.05) is 19.1 Å². The van der Waals surface area contributed by atoms with Crippen LogP contribution in [0.15, 0.2) is 36.4 Å². The molecule has 138 valence electrons. The number of amides is 1. The van der Waals surface area contributed by atoms with Crippen LogP contribution in [-0.4, -0.2) is 34.1 Å². The van der Waals surface area contributed by atoms with E-state index in [0.717, 1.165) is 18.9 Å². The number of piperidine rings is 1. The zero-order valence-corrected chi connectivity index (χ0v) is 14.3. The molecule has 0 radical (unpaired) electrons. The summed E-state index contributed by atoms with van der Waals surface area (Å²) in [4.78, 5) is 14.2. The van der Waals surface area contributed by atoms with Crippen LogP contribution in [-0.2, 0) is 6.18 Å². The Balaban J connectivity index is 1.74. The summed E-state index contributed by atoms with van der Waals surface area (Å²) in [7, 11) is 0. The van der Waals surface area contributed by atoms with Crippen LogP contribution < -0.4 is 5.32 Å². The van der Waals surface area contributed by atoms with Gasteiger partial charge in [-0.25, -0.2) is 0 Å². The highest BCUT2D eigenvalue weighted by Crippen LogP contribution is 2.35. The number of nitrogens with one attached hydrogen (secondary N) is 1. The van der Waals surface area contributed by atoms with Crippen molar-refractivity contribution in [2.24, 2.45) is 5.92 Å². The van der Waals surface area contributed by atoms with Gasteiger partial charge in [0.25, 0.3) is 5.91 Å². The van der Waals surface area contributed by atoms with Crippen molar-refractivity contribution in [1.29, 1.82) is 0 Å². The quantitative estimate of drug-likeness (QED) is 0.890. The molecule has 1 aromatic carbocycles. The fourth-order valence-corrected chi connectivity index (χ4v) is 3.03. The predicted octanol–water partition coefficient (Wildman–Crippen LogP) is 4.11. The third-order valence-corrected chi connectivity index (χ3v) is 4.32. The standard InChI is InChI=1S/C18H19F3N4O/c1-12-5-4-10-25(11-12)17(26)15-8-9-16(24-23-15)22-14-7-3-2-6-13(14)18(19,20)21/h2-3,6-9,12H,4-5,10-11H2,1H3,(H,22,24). The number of alkyl halides is 3. The van der Waals surface area contributed by atoms with Gasteiger partial charge in [-0.15, -0.1) is 10.2 Å². The van der Waals surface area contributed by atoms with Crippen LogP contribution in [0.1, 0.15) is 35.8 Å². The van der Waals surface area contributed by atoms with Crippen molar-refractivity contribution in [3.8, 4) is 0 Å². The molecule has 1 atom stereocenters. The van der Waals surface area contributed by atoms with Gasteiger partial charge in [0.15, 0.2) is 11.5 Å². The molecular formula is C18H19F3N4O. The van der Waals surface area contributed by atoms with E-state index in [1.807, 2.05) is 0 Å². The first-order valence-electron chi connectivity index (χ1n) is 8.41. The summed E-state index contributed by atoms with van der Waals surface area (Å²) in [6, 6.07) is 8.07. The summed E-state index contributed by atoms with van der Waals surface area (Å²) >= 11 is 0. The topological polar surface area (TPSA) is 58.1 Å². The molecule has 1 aromatic heterocycles. The van der Waals surface area contributed by atoms with Crippen LogP contribution in [0.4, 0.5) is 24.7 Å². The van der Waals surface area contributed by atoms with Gasteiger partial charge in [0.1, 0.15) is 0 Å². The zero-order valence-electron chi connectivity index (χ0n) is 14.3. The van der Waals surface area contributed by atoms with Gasteiger partial charge in [-0.05, 0) is 43.0 Å². The lowest BCUT2D eigenvalue weighted by molar-refractivity contribution is -0.136. The van der Waals surface area contributed by atoms with E-state index in [-0.39, 0.29) is 23.1 Å². The van der Waals surface area contributed by atoms with E-state index in [9.17, 15) is 18.0 Å². The normalized spacial score (nSPS) is 17.8. The molecule has 1 unspecified atom stereocenters. The number of benzene rings is 1. The van der Waals surface area contributed by atoms with Crippen LogP contribution in [0.25, 0.3) is 0 Å². The summed E-state index contributed by atoms with van der Waals surface area (Å²) in [6.45, 7) is 3.46. The molecule has 1 saturated heterocycles. The predicted molar refractivity (Wildman–Crippen MR) is 91.1 cm³/mol. The maximum absolute atomic E-state index is 13.0. The average molecular weight is 364 g/mol. The molecule has 8 heteroatoms. The van der Waals surface area contributed by atoms with E-state index in [1.165, 1.54) is 30.3 Å². The molecule has 5 nitrogen and oxygen atoms in total. The molecular weight excluding hydrogens is 345 g/mol. The third kappa shape index (κ3) is 4.12. The SMILES string of the molecule is CC1CCCN(C(=O)c2ccc(Nc3ccccc3C(F)(F)F)nn2)C1. The number of aromatic nitrogens is 2. The Labute approximate surface area is 149 Å². The van der Waals surface area contributed by atoms with Gasteiger partial charge in [-0.3, -0.25) is 4.79 Å². The Bertz CT molecular complexity index is 777. The molecule has 1 amide bonds. The zero-order chi connectivity index (χ0) is 18.7. The molecule has 1 aliphatic heterocycles. The molecule has 1 N–H and O–H groups in total. The molecule has 0 saturated carbocycles. The smallest absolute Gasteiger partial charge is 0.338 e. The Morgan fingerprint density at radius 2 is 1.96 bits per heavy atom. The molecule has 0 spiro atoms. The van der Waals surface area contributed by atoms with E-state index in [1.54, 1.807) is 4.90 Å². The van der Waals surface area contributed by atoms with Crippen molar-refractivity contribution in [2.75, 3.05) is 18.4 Å². The lowest BCUT2D eigenvalue weighted by Gasteiger charge is -2.30. The molecule has 26 heavy (non-hydrogen) atoms. The summed E-state index contributed by atoms with van der Waals surface area (Å²) in [5, 5.41) is 10.4. The van der Waals surface area contributed by atoms with Gasteiger partial charge in [-0.2, -0.15) is 13.2 Å². The Hall–Kier alpha value is -2.64. The third-order valence-electron chi connectivity index (χ3n) is 4.32. The number of hydrogen-bond donors (Lipinski definition) is 1. The fraction of sp³-hybridized carbons (Fsp3) is 0.389. The van der Waals surface area contributed by atoms with E-state index in [0.29, 0.717) is 19.0 Å². The maximum Gasteiger partial charge on any atom is 0.418 e. The van der Waals surface area contributed by atoms with Gasteiger partial charge in [0.05, 0.1) is 11.3 Å². The van der Waals surface area contributed by atoms with Crippen molar-refractivity contribution in [3.63, 3.8) is 0 Å². The number of carbonyl (C=O) groups is 1. The molecule has 0 aliphatic carbocycles. The lowest BCUT2D eigenvalue weighted by atomic mass is 10.00. The Morgan fingerprint density at radius 1 is 1.19 bits per heavy atom. The van der Waals surface area contributed by atoms with E-state index < -0.39 is 11.7 Å². The van der Waals surface area contributed by atoms with Crippen LogP contribution in [0.3, 0.4) is 0 Å². The highest BCUT2D eigenvalue weighted by Gasteiger charge is 2.33. The van der Waals surface area contributed by atoms with Crippen molar-refractivity contribution < 1.29 is 18.0 Å².